The number of hydrogen-bond donors (Lipinski definition) is 1. The molecule has 2 aliphatic rings. The molecule has 1 amide bonds. The molecular formula is C16H30N2O4S. The summed E-state index contributed by atoms with van der Waals surface area (Å²) in [7, 11) is -3.21. The maximum Gasteiger partial charge on any atom is 0.224 e. The minimum Gasteiger partial charge on any atom is -0.376 e. The van der Waals surface area contributed by atoms with Crippen molar-refractivity contribution in [3.8, 4) is 0 Å². The molecule has 1 saturated heterocycles. The minimum absolute atomic E-state index is 0.0568. The van der Waals surface area contributed by atoms with Crippen LogP contribution in [0.5, 0.6) is 0 Å². The van der Waals surface area contributed by atoms with Crippen molar-refractivity contribution in [3.63, 3.8) is 0 Å². The van der Waals surface area contributed by atoms with E-state index in [-0.39, 0.29) is 11.8 Å². The maximum atomic E-state index is 12.2. The molecule has 0 aromatic rings. The zero-order valence-corrected chi connectivity index (χ0v) is 15.1. The van der Waals surface area contributed by atoms with Crippen LogP contribution in [-0.4, -0.2) is 57.2 Å². The van der Waals surface area contributed by atoms with Crippen molar-refractivity contribution < 1.29 is 17.9 Å². The van der Waals surface area contributed by atoms with E-state index in [0.717, 1.165) is 19.3 Å². The van der Waals surface area contributed by atoms with Crippen molar-refractivity contribution in [1.82, 2.24) is 9.62 Å². The molecule has 0 spiro atoms. The summed E-state index contributed by atoms with van der Waals surface area (Å²) in [6.07, 6.45) is 7.85. The quantitative estimate of drug-likeness (QED) is 0.737. The molecule has 2 rings (SSSR count). The molecule has 0 bridgehead atoms. The third-order valence-corrected chi connectivity index (χ3v) is 6.26. The summed E-state index contributed by atoms with van der Waals surface area (Å²) in [4.78, 5) is 12.2. The van der Waals surface area contributed by atoms with E-state index in [1.807, 2.05) is 0 Å². The summed E-state index contributed by atoms with van der Waals surface area (Å²) in [5.41, 5.74) is 0. The highest BCUT2D eigenvalue weighted by molar-refractivity contribution is 7.88. The average molecular weight is 346 g/mol. The van der Waals surface area contributed by atoms with E-state index in [9.17, 15) is 13.2 Å². The van der Waals surface area contributed by atoms with E-state index >= 15 is 0 Å². The van der Waals surface area contributed by atoms with E-state index in [2.05, 4.69) is 12.2 Å². The third-order valence-electron chi connectivity index (χ3n) is 4.99. The lowest BCUT2D eigenvalue weighted by atomic mass is 9.88. The van der Waals surface area contributed by atoms with Gasteiger partial charge in [-0.1, -0.05) is 19.8 Å². The molecule has 1 aliphatic carbocycles. The van der Waals surface area contributed by atoms with Crippen molar-refractivity contribution in [2.45, 2.75) is 51.6 Å². The van der Waals surface area contributed by atoms with Crippen LogP contribution < -0.4 is 5.32 Å². The summed E-state index contributed by atoms with van der Waals surface area (Å²) < 4.78 is 30.5. The molecule has 1 N–H and O–H groups in total. The Labute approximate surface area is 140 Å². The number of nitrogens with one attached hydrogen (secondary N) is 1. The Hall–Kier alpha value is -0.660. The first-order valence-electron chi connectivity index (χ1n) is 8.72. The van der Waals surface area contributed by atoms with Crippen molar-refractivity contribution in [1.29, 1.82) is 0 Å². The van der Waals surface area contributed by atoms with E-state index in [4.69, 9.17) is 4.74 Å². The Morgan fingerprint density at radius 2 is 1.96 bits per heavy atom. The van der Waals surface area contributed by atoms with Crippen LogP contribution in [0.3, 0.4) is 0 Å². The Morgan fingerprint density at radius 3 is 2.65 bits per heavy atom. The molecule has 7 heteroatoms. The SMILES string of the molecule is CC1CCCCC1OCCNC(=O)C1CCCN(S(C)(=O)=O)C1. The van der Waals surface area contributed by atoms with Gasteiger partial charge in [-0.3, -0.25) is 4.79 Å². The van der Waals surface area contributed by atoms with Gasteiger partial charge in [0, 0.05) is 19.6 Å². The number of nitrogens with zero attached hydrogens (tertiary/aromatic N) is 1. The fourth-order valence-corrected chi connectivity index (χ4v) is 4.43. The van der Waals surface area contributed by atoms with Gasteiger partial charge >= 0.3 is 0 Å². The van der Waals surface area contributed by atoms with Gasteiger partial charge in [0.2, 0.25) is 15.9 Å². The number of amides is 1. The molecule has 1 saturated carbocycles. The summed E-state index contributed by atoms with van der Waals surface area (Å²) >= 11 is 0. The molecule has 0 aromatic heterocycles. The van der Waals surface area contributed by atoms with E-state index < -0.39 is 10.0 Å². The second-order valence-corrected chi connectivity index (χ2v) is 8.90. The van der Waals surface area contributed by atoms with Crippen molar-refractivity contribution in [2.75, 3.05) is 32.5 Å². The van der Waals surface area contributed by atoms with Crippen LogP contribution in [0, 0.1) is 11.8 Å². The van der Waals surface area contributed by atoms with Crippen LogP contribution in [0.2, 0.25) is 0 Å². The monoisotopic (exact) mass is 346 g/mol. The first-order valence-corrected chi connectivity index (χ1v) is 10.6. The molecule has 134 valence electrons. The Kier molecular flexibility index (Phi) is 6.85. The number of sulfonamides is 1. The van der Waals surface area contributed by atoms with Crippen molar-refractivity contribution in [3.05, 3.63) is 0 Å². The Balaban J connectivity index is 1.68. The number of ether oxygens (including phenoxy) is 1. The highest BCUT2D eigenvalue weighted by atomic mass is 32.2. The molecule has 1 heterocycles. The van der Waals surface area contributed by atoms with Crippen molar-refractivity contribution in [2.24, 2.45) is 11.8 Å². The van der Waals surface area contributed by atoms with Crippen LogP contribution in [0.15, 0.2) is 0 Å². The van der Waals surface area contributed by atoms with Crippen LogP contribution in [0.1, 0.15) is 45.4 Å². The Morgan fingerprint density at radius 1 is 1.22 bits per heavy atom. The maximum absolute atomic E-state index is 12.2. The number of hydrogen-bond acceptors (Lipinski definition) is 4. The van der Waals surface area contributed by atoms with Gasteiger partial charge in [-0.2, -0.15) is 0 Å². The lowest BCUT2D eigenvalue weighted by Crippen LogP contribution is -2.45. The van der Waals surface area contributed by atoms with Gasteiger partial charge in [-0.15, -0.1) is 0 Å². The van der Waals surface area contributed by atoms with Gasteiger partial charge < -0.3 is 10.1 Å². The van der Waals surface area contributed by atoms with Crippen LogP contribution in [0.25, 0.3) is 0 Å². The number of piperidine rings is 1. The summed E-state index contributed by atoms with van der Waals surface area (Å²) in [5, 5.41) is 2.89. The van der Waals surface area contributed by atoms with Crippen molar-refractivity contribution >= 4 is 15.9 Å². The lowest BCUT2D eigenvalue weighted by molar-refractivity contribution is -0.126. The van der Waals surface area contributed by atoms with Gasteiger partial charge in [0.15, 0.2) is 0 Å². The molecule has 0 radical (unpaired) electrons. The highest BCUT2D eigenvalue weighted by Crippen LogP contribution is 2.26. The smallest absolute Gasteiger partial charge is 0.224 e. The zero-order chi connectivity index (χ0) is 16.9. The normalized spacial score (nSPS) is 30.1. The topological polar surface area (TPSA) is 75.7 Å². The predicted octanol–water partition coefficient (Wildman–Crippen LogP) is 1.37. The van der Waals surface area contributed by atoms with Gasteiger partial charge in [-0.25, -0.2) is 12.7 Å². The molecule has 3 unspecified atom stereocenters. The third kappa shape index (κ3) is 5.72. The fourth-order valence-electron chi connectivity index (χ4n) is 3.52. The summed E-state index contributed by atoms with van der Waals surface area (Å²) in [6.45, 7) is 4.07. The molecule has 2 fully saturated rings. The van der Waals surface area contributed by atoms with E-state index in [1.54, 1.807) is 0 Å². The standard InChI is InChI=1S/C16H30N2O4S/c1-13-6-3-4-8-15(13)22-11-9-17-16(19)14-7-5-10-18(12-14)23(2,20)21/h13-15H,3-12H2,1-2H3,(H,17,19). The predicted molar refractivity (Wildman–Crippen MR) is 89.5 cm³/mol. The molecule has 0 aromatic carbocycles. The molecule has 3 atom stereocenters. The lowest BCUT2D eigenvalue weighted by Gasteiger charge is -2.30. The van der Waals surface area contributed by atoms with E-state index in [0.29, 0.717) is 38.3 Å². The van der Waals surface area contributed by atoms with E-state index in [1.165, 1.54) is 29.8 Å². The number of rotatable bonds is 6. The zero-order valence-electron chi connectivity index (χ0n) is 14.3. The van der Waals surface area contributed by atoms with Gasteiger partial charge in [0.05, 0.1) is 24.9 Å². The average Bonchev–Trinajstić information content (AvgIpc) is 2.52. The number of carbonyl (C=O) groups excluding carboxylic acids is 1. The fraction of sp³-hybridized carbons (Fsp3) is 0.938. The van der Waals surface area contributed by atoms with Gasteiger partial charge in [0.1, 0.15) is 0 Å². The highest BCUT2D eigenvalue weighted by Gasteiger charge is 2.30. The molecule has 6 nitrogen and oxygen atoms in total. The molecule has 1 aliphatic heterocycles. The van der Waals surface area contributed by atoms with Crippen LogP contribution in [0.4, 0.5) is 0 Å². The van der Waals surface area contributed by atoms with Gasteiger partial charge in [0.25, 0.3) is 0 Å². The largest absolute Gasteiger partial charge is 0.376 e. The Bertz CT molecular complexity index is 494. The molecule has 23 heavy (non-hydrogen) atoms. The second-order valence-electron chi connectivity index (χ2n) is 6.92. The number of carbonyl (C=O) groups is 1. The molecular weight excluding hydrogens is 316 g/mol. The van der Waals surface area contributed by atoms with Crippen LogP contribution in [-0.2, 0) is 19.6 Å². The summed E-state index contributed by atoms with van der Waals surface area (Å²) in [6, 6.07) is 0. The summed E-state index contributed by atoms with van der Waals surface area (Å²) in [5.74, 6) is 0.298. The van der Waals surface area contributed by atoms with Crippen LogP contribution >= 0.6 is 0 Å². The first-order chi connectivity index (χ1) is 10.9. The first kappa shape index (κ1) is 18.7. The van der Waals surface area contributed by atoms with Gasteiger partial charge in [-0.05, 0) is 31.6 Å². The minimum atomic E-state index is -3.21. The second kappa shape index (κ2) is 8.44.